The zero-order valence-corrected chi connectivity index (χ0v) is 11.1. The van der Waals surface area contributed by atoms with Gasteiger partial charge in [-0.2, -0.15) is 0 Å². The molecule has 0 unspecified atom stereocenters. The van der Waals surface area contributed by atoms with Crippen LogP contribution in [0.3, 0.4) is 0 Å². The summed E-state index contributed by atoms with van der Waals surface area (Å²) in [5.74, 6) is 0.734. The predicted molar refractivity (Wildman–Crippen MR) is 65.5 cm³/mol. The molecular formula is C11H13Br2N. The van der Waals surface area contributed by atoms with Crippen LogP contribution in [0.25, 0.3) is 0 Å². The number of halogens is 2. The van der Waals surface area contributed by atoms with Gasteiger partial charge in [0.2, 0.25) is 0 Å². The van der Waals surface area contributed by atoms with Crippen LogP contribution in [0.2, 0.25) is 0 Å². The predicted octanol–water partition coefficient (Wildman–Crippen LogP) is 4.65. The van der Waals surface area contributed by atoms with Gasteiger partial charge in [-0.3, -0.25) is 0 Å². The molecule has 1 heterocycles. The fourth-order valence-electron chi connectivity index (χ4n) is 2.15. The third-order valence-electron chi connectivity index (χ3n) is 2.90. The highest BCUT2D eigenvalue weighted by atomic mass is 79.9. The summed E-state index contributed by atoms with van der Waals surface area (Å²) in [6.45, 7) is 0. The normalized spacial score (nSPS) is 18.4. The summed E-state index contributed by atoms with van der Waals surface area (Å²) in [6, 6.07) is 2.15. The average Bonchev–Trinajstić information content (AvgIpc) is 2.23. The Morgan fingerprint density at radius 2 is 1.86 bits per heavy atom. The van der Waals surface area contributed by atoms with E-state index in [1.165, 1.54) is 37.7 Å². The lowest BCUT2D eigenvalue weighted by Gasteiger charge is -2.22. The van der Waals surface area contributed by atoms with E-state index in [0.717, 1.165) is 15.0 Å². The molecule has 1 saturated carbocycles. The lowest BCUT2D eigenvalue weighted by Crippen LogP contribution is -2.05. The minimum atomic E-state index is 0.734. The molecule has 1 nitrogen and oxygen atoms in total. The highest BCUT2D eigenvalue weighted by molar-refractivity contribution is 9.11. The number of pyridine rings is 1. The van der Waals surface area contributed by atoms with Crippen LogP contribution in [0.1, 0.15) is 43.6 Å². The van der Waals surface area contributed by atoms with Crippen molar-refractivity contribution in [2.24, 2.45) is 0 Å². The second-order valence-corrected chi connectivity index (χ2v) is 5.53. The Kier molecular flexibility index (Phi) is 3.61. The van der Waals surface area contributed by atoms with Crippen molar-refractivity contribution in [3.63, 3.8) is 0 Å². The van der Waals surface area contributed by atoms with Crippen LogP contribution >= 0.6 is 31.9 Å². The summed E-state index contributed by atoms with van der Waals surface area (Å²) in [4.78, 5) is 4.20. The molecule has 1 aliphatic carbocycles. The van der Waals surface area contributed by atoms with Crippen molar-refractivity contribution < 1.29 is 0 Å². The van der Waals surface area contributed by atoms with Crippen LogP contribution < -0.4 is 0 Å². The average molecular weight is 319 g/mol. The molecule has 1 fully saturated rings. The number of rotatable bonds is 1. The van der Waals surface area contributed by atoms with Crippen molar-refractivity contribution in [2.45, 2.75) is 38.0 Å². The molecule has 0 bridgehead atoms. The summed E-state index contributed by atoms with van der Waals surface area (Å²) in [5.41, 5.74) is 1.42. The fraction of sp³-hybridized carbons (Fsp3) is 0.545. The lowest BCUT2D eigenvalue weighted by molar-refractivity contribution is 0.442. The first kappa shape index (κ1) is 10.6. The SMILES string of the molecule is Brc1cc(C2CCCCC2)c(Br)cn1. The molecule has 0 aromatic carbocycles. The monoisotopic (exact) mass is 317 g/mol. The summed E-state index contributed by atoms with van der Waals surface area (Å²) in [7, 11) is 0. The van der Waals surface area contributed by atoms with E-state index in [9.17, 15) is 0 Å². The molecule has 1 aromatic heterocycles. The van der Waals surface area contributed by atoms with Crippen molar-refractivity contribution >= 4 is 31.9 Å². The van der Waals surface area contributed by atoms with E-state index in [0.29, 0.717) is 0 Å². The molecule has 0 aliphatic heterocycles. The molecule has 2 rings (SSSR count). The third-order valence-corrected chi connectivity index (χ3v) is 3.99. The summed E-state index contributed by atoms with van der Waals surface area (Å²) in [5, 5.41) is 0. The highest BCUT2D eigenvalue weighted by Crippen LogP contribution is 2.36. The lowest BCUT2D eigenvalue weighted by atomic mass is 9.84. The first-order valence-electron chi connectivity index (χ1n) is 5.08. The smallest absolute Gasteiger partial charge is 0.106 e. The summed E-state index contributed by atoms with van der Waals surface area (Å²) in [6.07, 6.45) is 8.70. The van der Waals surface area contributed by atoms with Crippen molar-refractivity contribution in [1.29, 1.82) is 0 Å². The first-order valence-corrected chi connectivity index (χ1v) is 6.67. The summed E-state index contributed by atoms with van der Waals surface area (Å²) < 4.78 is 2.11. The molecule has 0 spiro atoms. The highest BCUT2D eigenvalue weighted by Gasteiger charge is 2.18. The van der Waals surface area contributed by atoms with Crippen molar-refractivity contribution in [3.05, 3.63) is 26.9 Å². The van der Waals surface area contributed by atoms with Gasteiger partial charge in [0, 0.05) is 10.7 Å². The standard InChI is InChI=1S/C11H13Br2N/c12-10-7-14-11(13)6-9(10)8-4-2-1-3-5-8/h6-8H,1-5H2. The summed E-state index contributed by atoms with van der Waals surface area (Å²) >= 11 is 7.01. The largest absolute Gasteiger partial charge is 0.248 e. The van der Waals surface area contributed by atoms with Gasteiger partial charge in [0.15, 0.2) is 0 Å². The number of hydrogen-bond donors (Lipinski definition) is 0. The molecule has 1 aromatic rings. The second-order valence-electron chi connectivity index (χ2n) is 3.86. The Balaban J connectivity index is 2.24. The number of nitrogens with zero attached hydrogens (tertiary/aromatic N) is 1. The van der Waals surface area contributed by atoms with Gasteiger partial charge < -0.3 is 0 Å². The zero-order chi connectivity index (χ0) is 9.97. The molecule has 0 amide bonds. The van der Waals surface area contributed by atoms with Crippen molar-refractivity contribution in [1.82, 2.24) is 4.98 Å². The maximum absolute atomic E-state index is 4.20. The van der Waals surface area contributed by atoms with Crippen molar-refractivity contribution in [3.8, 4) is 0 Å². The van der Waals surface area contributed by atoms with Crippen LogP contribution in [0.15, 0.2) is 21.3 Å². The van der Waals surface area contributed by atoms with E-state index in [-0.39, 0.29) is 0 Å². The van der Waals surface area contributed by atoms with Gasteiger partial charge in [-0.05, 0) is 62.2 Å². The molecule has 0 N–H and O–H groups in total. The molecule has 0 saturated heterocycles. The molecule has 1 aliphatic rings. The number of aromatic nitrogens is 1. The van der Waals surface area contributed by atoms with Crippen LogP contribution in [0.5, 0.6) is 0 Å². The minimum absolute atomic E-state index is 0.734. The molecular weight excluding hydrogens is 306 g/mol. The molecule has 0 radical (unpaired) electrons. The maximum atomic E-state index is 4.20. The van der Waals surface area contributed by atoms with E-state index < -0.39 is 0 Å². The molecule has 3 heteroatoms. The zero-order valence-electron chi connectivity index (χ0n) is 7.97. The molecule has 76 valence electrons. The Bertz CT molecular complexity index is 319. The van der Waals surface area contributed by atoms with Gasteiger partial charge >= 0.3 is 0 Å². The van der Waals surface area contributed by atoms with Crippen LogP contribution in [0, 0.1) is 0 Å². The third kappa shape index (κ3) is 2.37. The van der Waals surface area contributed by atoms with Gasteiger partial charge in [-0.1, -0.05) is 19.3 Å². The first-order chi connectivity index (χ1) is 6.77. The van der Waals surface area contributed by atoms with Crippen LogP contribution in [0.4, 0.5) is 0 Å². The van der Waals surface area contributed by atoms with Gasteiger partial charge in [-0.25, -0.2) is 4.98 Å². The van der Waals surface area contributed by atoms with Gasteiger partial charge in [0.05, 0.1) is 0 Å². The fourth-order valence-corrected chi connectivity index (χ4v) is 3.04. The quantitative estimate of drug-likeness (QED) is 0.687. The van der Waals surface area contributed by atoms with E-state index >= 15 is 0 Å². The van der Waals surface area contributed by atoms with Crippen molar-refractivity contribution in [2.75, 3.05) is 0 Å². The van der Waals surface area contributed by atoms with E-state index in [1.807, 2.05) is 6.20 Å². The topological polar surface area (TPSA) is 12.9 Å². The Labute approximate surface area is 102 Å². The maximum Gasteiger partial charge on any atom is 0.106 e. The van der Waals surface area contributed by atoms with Gasteiger partial charge in [0.1, 0.15) is 4.60 Å². The number of hydrogen-bond acceptors (Lipinski definition) is 1. The van der Waals surface area contributed by atoms with E-state index in [2.05, 4.69) is 42.9 Å². The second kappa shape index (κ2) is 4.75. The van der Waals surface area contributed by atoms with E-state index in [4.69, 9.17) is 0 Å². The Morgan fingerprint density at radius 3 is 2.57 bits per heavy atom. The van der Waals surface area contributed by atoms with E-state index in [1.54, 1.807) is 0 Å². The molecule has 0 atom stereocenters. The molecule has 14 heavy (non-hydrogen) atoms. The van der Waals surface area contributed by atoms with Crippen LogP contribution in [-0.4, -0.2) is 4.98 Å². The minimum Gasteiger partial charge on any atom is -0.248 e. The van der Waals surface area contributed by atoms with Gasteiger partial charge in [0.25, 0.3) is 0 Å². The van der Waals surface area contributed by atoms with Crippen LogP contribution in [-0.2, 0) is 0 Å². The van der Waals surface area contributed by atoms with Gasteiger partial charge in [-0.15, -0.1) is 0 Å². The Morgan fingerprint density at radius 1 is 1.14 bits per heavy atom. The Hall–Kier alpha value is 0.110.